The summed E-state index contributed by atoms with van der Waals surface area (Å²) in [5.41, 5.74) is 2.77. The van der Waals surface area contributed by atoms with Crippen molar-refractivity contribution in [1.29, 1.82) is 0 Å². The SMILES string of the molecule is Cn1nccc1C1=C(c2cn(CCCO[Si](C)(C)C(C)(C)C)c3ncccc23)C(=O)NC1=O. The minimum atomic E-state index is -1.81. The van der Waals surface area contributed by atoms with Gasteiger partial charge in [0.05, 0.1) is 16.8 Å². The molecule has 0 spiro atoms. The van der Waals surface area contributed by atoms with Crippen LogP contribution in [0.2, 0.25) is 18.1 Å². The molecule has 0 unspecified atom stereocenters. The van der Waals surface area contributed by atoms with Crippen LogP contribution in [0.4, 0.5) is 0 Å². The summed E-state index contributed by atoms with van der Waals surface area (Å²) in [6.07, 6.45) is 6.10. The number of imide groups is 1. The van der Waals surface area contributed by atoms with Crippen molar-refractivity contribution in [2.75, 3.05) is 6.61 Å². The first kappa shape index (κ1) is 23.1. The maximum Gasteiger partial charge on any atom is 0.261 e. The standard InChI is InChI=1S/C24H31N5O3Si/c1-24(2,3)33(5,6)32-14-8-13-29-15-17(16-9-7-11-25-21(16)29)19-20(23(31)27-22(19)30)18-10-12-26-28(18)4/h7,9-12,15H,8,13-14H2,1-6H3,(H,27,30,31). The quantitative estimate of drug-likeness (QED) is 0.326. The molecule has 0 atom stereocenters. The Kier molecular flexibility index (Phi) is 5.88. The second-order valence-corrected chi connectivity index (χ2v) is 14.8. The third-order valence-corrected chi connectivity index (χ3v) is 11.3. The fourth-order valence-electron chi connectivity index (χ4n) is 3.85. The summed E-state index contributed by atoms with van der Waals surface area (Å²) in [5, 5.41) is 7.62. The zero-order valence-corrected chi connectivity index (χ0v) is 21.1. The average Bonchev–Trinajstić information content (AvgIpc) is 3.39. The fraction of sp³-hybridized carbons (Fsp3) is 0.417. The van der Waals surface area contributed by atoms with Gasteiger partial charge in [0.2, 0.25) is 0 Å². The number of aromatic nitrogens is 4. The Morgan fingerprint density at radius 3 is 2.48 bits per heavy atom. The van der Waals surface area contributed by atoms with Gasteiger partial charge < -0.3 is 8.99 Å². The monoisotopic (exact) mass is 465 g/mol. The smallest absolute Gasteiger partial charge is 0.261 e. The highest BCUT2D eigenvalue weighted by Gasteiger charge is 2.37. The molecule has 3 aromatic heterocycles. The van der Waals surface area contributed by atoms with Gasteiger partial charge in [-0.2, -0.15) is 5.10 Å². The van der Waals surface area contributed by atoms with Crippen molar-refractivity contribution in [3.05, 3.63) is 48.0 Å². The Morgan fingerprint density at radius 2 is 1.82 bits per heavy atom. The van der Waals surface area contributed by atoms with Crippen LogP contribution in [-0.4, -0.2) is 46.1 Å². The summed E-state index contributed by atoms with van der Waals surface area (Å²) in [4.78, 5) is 30.1. The third kappa shape index (κ3) is 4.18. The lowest BCUT2D eigenvalue weighted by atomic mass is 9.99. The summed E-state index contributed by atoms with van der Waals surface area (Å²) in [6.45, 7) is 12.6. The van der Waals surface area contributed by atoms with Crippen LogP contribution in [0.15, 0.2) is 36.8 Å². The molecule has 8 nitrogen and oxygen atoms in total. The molecule has 0 saturated carbocycles. The van der Waals surface area contributed by atoms with Gasteiger partial charge >= 0.3 is 0 Å². The molecule has 1 N–H and O–H groups in total. The van der Waals surface area contributed by atoms with E-state index in [4.69, 9.17) is 4.43 Å². The van der Waals surface area contributed by atoms with Crippen molar-refractivity contribution < 1.29 is 14.0 Å². The molecule has 174 valence electrons. The second-order valence-electron chi connectivity index (χ2n) is 9.95. The van der Waals surface area contributed by atoms with Gasteiger partial charge in [-0.25, -0.2) is 4.98 Å². The van der Waals surface area contributed by atoms with E-state index < -0.39 is 20.1 Å². The molecule has 2 amide bonds. The number of amides is 2. The highest BCUT2D eigenvalue weighted by Crippen LogP contribution is 2.37. The van der Waals surface area contributed by atoms with E-state index in [2.05, 4.69) is 49.3 Å². The molecule has 1 aliphatic rings. The zero-order valence-electron chi connectivity index (χ0n) is 20.1. The maximum atomic E-state index is 12.9. The first-order valence-corrected chi connectivity index (χ1v) is 14.1. The van der Waals surface area contributed by atoms with E-state index in [9.17, 15) is 9.59 Å². The lowest BCUT2D eigenvalue weighted by Gasteiger charge is -2.36. The van der Waals surface area contributed by atoms with Crippen molar-refractivity contribution in [2.45, 2.75) is 51.9 Å². The maximum absolute atomic E-state index is 12.9. The van der Waals surface area contributed by atoms with Crippen LogP contribution < -0.4 is 5.32 Å². The van der Waals surface area contributed by atoms with Crippen LogP contribution in [0.25, 0.3) is 22.2 Å². The first-order valence-electron chi connectivity index (χ1n) is 11.2. The summed E-state index contributed by atoms with van der Waals surface area (Å²) in [6, 6.07) is 5.52. The number of nitrogens with zero attached hydrogens (tertiary/aromatic N) is 4. The molecule has 0 radical (unpaired) electrons. The third-order valence-electron chi connectivity index (χ3n) is 6.72. The van der Waals surface area contributed by atoms with Crippen LogP contribution in [0.5, 0.6) is 0 Å². The van der Waals surface area contributed by atoms with Gasteiger partial charge in [-0.05, 0) is 42.8 Å². The molecular formula is C24H31N5O3Si. The number of carbonyl (C=O) groups excluding carboxylic acids is 2. The van der Waals surface area contributed by atoms with Crippen molar-refractivity contribution in [1.82, 2.24) is 24.6 Å². The van der Waals surface area contributed by atoms with E-state index in [-0.39, 0.29) is 5.04 Å². The Bertz CT molecular complexity index is 1260. The number of rotatable bonds is 7. The Labute approximate surface area is 194 Å². The van der Waals surface area contributed by atoms with E-state index in [1.54, 1.807) is 30.2 Å². The van der Waals surface area contributed by atoms with Crippen molar-refractivity contribution >= 4 is 42.3 Å². The topological polar surface area (TPSA) is 91.0 Å². The normalized spacial score (nSPS) is 15.1. The lowest BCUT2D eigenvalue weighted by Crippen LogP contribution is -2.41. The molecule has 1 aliphatic heterocycles. The van der Waals surface area contributed by atoms with E-state index in [1.807, 2.05) is 22.9 Å². The van der Waals surface area contributed by atoms with Crippen LogP contribution in [-0.2, 0) is 27.6 Å². The highest BCUT2D eigenvalue weighted by molar-refractivity contribution is 6.74. The van der Waals surface area contributed by atoms with Gasteiger partial charge in [-0.1, -0.05) is 20.8 Å². The summed E-state index contributed by atoms with van der Waals surface area (Å²) >= 11 is 0. The van der Waals surface area contributed by atoms with E-state index in [0.717, 1.165) is 17.5 Å². The molecule has 4 rings (SSSR count). The minimum Gasteiger partial charge on any atom is -0.417 e. The molecule has 0 bridgehead atoms. The molecular weight excluding hydrogens is 434 g/mol. The Balaban J connectivity index is 1.68. The summed E-state index contributed by atoms with van der Waals surface area (Å²) in [5.74, 6) is -0.813. The highest BCUT2D eigenvalue weighted by atomic mass is 28.4. The van der Waals surface area contributed by atoms with E-state index in [0.29, 0.717) is 35.6 Å². The minimum absolute atomic E-state index is 0.166. The predicted octanol–water partition coefficient (Wildman–Crippen LogP) is 3.75. The molecule has 3 aromatic rings. The number of hydrogen-bond acceptors (Lipinski definition) is 5. The van der Waals surface area contributed by atoms with Crippen LogP contribution in [0.3, 0.4) is 0 Å². The van der Waals surface area contributed by atoms with Gasteiger partial charge in [0.15, 0.2) is 8.32 Å². The zero-order chi connectivity index (χ0) is 24.0. The van der Waals surface area contributed by atoms with Crippen molar-refractivity contribution in [3.63, 3.8) is 0 Å². The summed E-state index contributed by atoms with van der Waals surface area (Å²) in [7, 11) is -0.0527. The average molecular weight is 466 g/mol. The van der Waals surface area contributed by atoms with Crippen LogP contribution in [0.1, 0.15) is 38.4 Å². The number of pyridine rings is 1. The molecule has 4 heterocycles. The molecule has 0 aromatic carbocycles. The van der Waals surface area contributed by atoms with Crippen molar-refractivity contribution in [2.24, 2.45) is 7.05 Å². The molecule has 0 aliphatic carbocycles. The van der Waals surface area contributed by atoms with E-state index in [1.165, 1.54) is 0 Å². The number of hydrogen-bond donors (Lipinski definition) is 1. The molecule has 0 saturated heterocycles. The summed E-state index contributed by atoms with van der Waals surface area (Å²) < 4.78 is 9.97. The van der Waals surface area contributed by atoms with Gasteiger partial charge in [0.1, 0.15) is 5.65 Å². The molecule has 9 heteroatoms. The van der Waals surface area contributed by atoms with Gasteiger partial charge in [0.25, 0.3) is 11.8 Å². The van der Waals surface area contributed by atoms with Gasteiger partial charge in [-0.15, -0.1) is 0 Å². The fourth-order valence-corrected chi connectivity index (χ4v) is 4.93. The number of fused-ring (bicyclic) bond motifs is 1. The number of aryl methyl sites for hydroxylation is 2. The lowest BCUT2D eigenvalue weighted by molar-refractivity contribution is -0.122. The number of nitrogens with one attached hydrogen (secondary N) is 1. The first-order chi connectivity index (χ1) is 15.5. The van der Waals surface area contributed by atoms with Crippen molar-refractivity contribution in [3.8, 4) is 0 Å². The van der Waals surface area contributed by atoms with E-state index >= 15 is 0 Å². The van der Waals surface area contributed by atoms with Crippen LogP contribution >= 0.6 is 0 Å². The predicted molar refractivity (Wildman–Crippen MR) is 131 cm³/mol. The van der Waals surface area contributed by atoms with Gasteiger partial charge in [0, 0.05) is 49.7 Å². The molecule has 33 heavy (non-hydrogen) atoms. The number of carbonyl (C=O) groups is 2. The van der Waals surface area contributed by atoms with Gasteiger partial charge in [-0.3, -0.25) is 19.6 Å². The van der Waals surface area contributed by atoms with Crippen LogP contribution in [0, 0.1) is 0 Å². The Hall–Kier alpha value is -3.04. The largest absolute Gasteiger partial charge is 0.417 e. The second kappa shape index (κ2) is 8.38. The Morgan fingerprint density at radius 1 is 1.09 bits per heavy atom. The molecule has 0 fully saturated rings.